The first kappa shape index (κ1) is 14.1. The lowest BCUT2D eigenvalue weighted by molar-refractivity contribution is -0.117. The molecule has 0 heterocycles. The molecule has 0 aromatic heterocycles. The fraction of sp³-hybridized carbons (Fsp3) is 0.333. The molecule has 0 fully saturated rings. The van der Waals surface area contributed by atoms with E-state index in [9.17, 15) is 14.0 Å². The molecule has 0 radical (unpaired) electrons. The zero-order valence-corrected chi connectivity index (χ0v) is 9.94. The van der Waals surface area contributed by atoms with Gasteiger partial charge in [-0.15, -0.1) is 0 Å². The van der Waals surface area contributed by atoms with E-state index in [0.29, 0.717) is 6.42 Å². The van der Waals surface area contributed by atoms with E-state index in [1.807, 2.05) is 6.92 Å². The van der Waals surface area contributed by atoms with Crippen LogP contribution in [0.2, 0.25) is 0 Å². The molecule has 0 bridgehead atoms. The second-order valence-electron chi connectivity index (χ2n) is 3.85. The van der Waals surface area contributed by atoms with E-state index in [2.05, 4.69) is 5.32 Å². The van der Waals surface area contributed by atoms with E-state index >= 15 is 0 Å². The molecular formula is C12H15FN2O3. The molecule has 1 atom stereocenters. The Morgan fingerprint density at radius 3 is 2.72 bits per heavy atom. The highest BCUT2D eigenvalue weighted by atomic mass is 19.1. The van der Waals surface area contributed by atoms with Crippen molar-refractivity contribution in [1.82, 2.24) is 0 Å². The van der Waals surface area contributed by atoms with Gasteiger partial charge in [-0.2, -0.15) is 0 Å². The molecule has 0 unspecified atom stereocenters. The maximum Gasteiger partial charge on any atom is 0.340 e. The van der Waals surface area contributed by atoms with Gasteiger partial charge >= 0.3 is 5.97 Å². The lowest BCUT2D eigenvalue weighted by atomic mass is 10.1. The van der Waals surface area contributed by atoms with Crippen molar-refractivity contribution >= 4 is 17.6 Å². The number of carboxylic acids is 1. The van der Waals surface area contributed by atoms with Gasteiger partial charge < -0.3 is 16.2 Å². The van der Waals surface area contributed by atoms with Crippen LogP contribution >= 0.6 is 0 Å². The molecule has 4 N–H and O–H groups in total. The van der Waals surface area contributed by atoms with Gasteiger partial charge in [0.2, 0.25) is 5.91 Å². The van der Waals surface area contributed by atoms with Crippen LogP contribution in [0.25, 0.3) is 0 Å². The first-order valence-corrected chi connectivity index (χ1v) is 5.55. The summed E-state index contributed by atoms with van der Waals surface area (Å²) >= 11 is 0. The number of nitrogens with two attached hydrogens (primary N) is 1. The van der Waals surface area contributed by atoms with Crippen molar-refractivity contribution in [3.8, 4) is 0 Å². The van der Waals surface area contributed by atoms with Crippen molar-refractivity contribution in [2.45, 2.75) is 25.8 Å². The Kier molecular flexibility index (Phi) is 4.79. The maximum absolute atomic E-state index is 13.3. The van der Waals surface area contributed by atoms with Crippen LogP contribution in [0.5, 0.6) is 0 Å². The second kappa shape index (κ2) is 6.11. The zero-order chi connectivity index (χ0) is 13.7. The summed E-state index contributed by atoms with van der Waals surface area (Å²) < 4.78 is 13.3. The summed E-state index contributed by atoms with van der Waals surface area (Å²) in [4.78, 5) is 22.5. The number of hydrogen-bond donors (Lipinski definition) is 3. The standard InChI is InChI=1S/C12H15FN2O3/c1-2-4-8(14)11(16)15-9-6-3-5-7(13)10(9)12(17)18/h3,5-6,8H,2,4,14H2,1H3,(H,15,16)(H,17,18)/t8-/m1/s1. The van der Waals surface area contributed by atoms with Crippen molar-refractivity contribution in [1.29, 1.82) is 0 Å². The van der Waals surface area contributed by atoms with E-state index < -0.39 is 29.3 Å². The quantitative estimate of drug-likeness (QED) is 0.744. The SMILES string of the molecule is CCC[C@@H](N)C(=O)Nc1cccc(F)c1C(=O)O. The second-order valence-corrected chi connectivity index (χ2v) is 3.85. The largest absolute Gasteiger partial charge is 0.478 e. The average Bonchev–Trinajstić information content (AvgIpc) is 2.28. The van der Waals surface area contributed by atoms with Crippen molar-refractivity contribution < 1.29 is 19.1 Å². The van der Waals surface area contributed by atoms with Gasteiger partial charge in [0.15, 0.2) is 0 Å². The van der Waals surface area contributed by atoms with Crippen LogP contribution in [-0.4, -0.2) is 23.0 Å². The first-order valence-electron chi connectivity index (χ1n) is 5.55. The van der Waals surface area contributed by atoms with Crippen molar-refractivity contribution in [2.75, 3.05) is 5.32 Å². The van der Waals surface area contributed by atoms with Crippen LogP contribution in [0, 0.1) is 5.82 Å². The van der Waals surface area contributed by atoms with E-state index in [1.54, 1.807) is 0 Å². The Morgan fingerprint density at radius 1 is 1.50 bits per heavy atom. The number of carbonyl (C=O) groups excluding carboxylic acids is 1. The van der Waals surface area contributed by atoms with Gasteiger partial charge in [-0.3, -0.25) is 4.79 Å². The van der Waals surface area contributed by atoms with Crippen LogP contribution < -0.4 is 11.1 Å². The van der Waals surface area contributed by atoms with Crippen LogP contribution in [0.15, 0.2) is 18.2 Å². The summed E-state index contributed by atoms with van der Waals surface area (Å²) in [5.41, 5.74) is 4.94. The lowest BCUT2D eigenvalue weighted by Crippen LogP contribution is -2.35. The highest BCUT2D eigenvalue weighted by Crippen LogP contribution is 2.19. The Hall–Kier alpha value is -1.95. The number of benzene rings is 1. The number of nitrogens with one attached hydrogen (secondary N) is 1. The Balaban J connectivity index is 2.94. The number of hydrogen-bond acceptors (Lipinski definition) is 3. The minimum Gasteiger partial charge on any atom is -0.478 e. The van der Waals surface area contributed by atoms with Gasteiger partial charge in [0.05, 0.1) is 11.7 Å². The topological polar surface area (TPSA) is 92.4 Å². The van der Waals surface area contributed by atoms with Crippen LogP contribution in [0.4, 0.5) is 10.1 Å². The summed E-state index contributed by atoms with van der Waals surface area (Å²) in [6.07, 6.45) is 1.20. The third kappa shape index (κ3) is 3.27. The van der Waals surface area contributed by atoms with E-state index in [0.717, 1.165) is 12.5 Å². The number of aromatic carboxylic acids is 1. The van der Waals surface area contributed by atoms with Gasteiger partial charge in [-0.05, 0) is 18.6 Å². The van der Waals surface area contributed by atoms with E-state index in [-0.39, 0.29) is 5.69 Å². The van der Waals surface area contributed by atoms with E-state index in [4.69, 9.17) is 10.8 Å². The normalized spacial score (nSPS) is 11.9. The highest BCUT2D eigenvalue weighted by molar-refractivity contribution is 6.02. The lowest BCUT2D eigenvalue weighted by Gasteiger charge is -2.13. The number of rotatable bonds is 5. The predicted molar refractivity (Wildman–Crippen MR) is 64.9 cm³/mol. The smallest absolute Gasteiger partial charge is 0.340 e. The summed E-state index contributed by atoms with van der Waals surface area (Å²) in [7, 11) is 0. The fourth-order valence-electron chi connectivity index (χ4n) is 1.51. The number of halogens is 1. The molecular weight excluding hydrogens is 239 g/mol. The van der Waals surface area contributed by atoms with Crippen molar-refractivity contribution in [3.05, 3.63) is 29.6 Å². The summed E-state index contributed by atoms with van der Waals surface area (Å²) in [5.74, 6) is -2.86. The van der Waals surface area contributed by atoms with Crippen LogP contribution in [-0.2, 0) is 4.79 Å². The average molecular weight is 254 g/mol. The maximum atomic E-state index is 13.3. The van der Waals surface area contributed by atoms with E-state index in [1.165, 1.54) is 12.1 Å². The molecule has 0 saturated carbocycles. The molecule has 0 saturated heterocycles. The van der Waals surface area contributed by atoms with Crippen LogP contribution in [0.1, 0.15) is 30.1 Å². The van der Waals surface area contributed by atoms with Crippen molar-refractivity contribution in [2.24, 2.45) is 5.73 Å². The third-order valence-corrected chi connectivity index (χ3v) is 2.42. The van der Waals surface area contributed by atoms with Gasteiger partial charge in [0.25, 0.3) is 0 Å². The molecule has 98 valence electrons. The minimum absolute atomic E-state index is 0.0842. The first-order chi connectivity index (χ1) is 8.47. The Morgan fingerprint density at radius 2 is 2.17 bits per heavy atom. The fourth-order valence-corrected chi connectivity index (χ4v) is 1.51. The molecule has 1 amide bonds. The molecule has 6 heteroatoms. The highest BCUT2D eigenvalue weighted by Gasteiger charge is 2.19. The molecule has 1 aromatic carbocycles. The van der Waals surface area contributed by atoms with Gasteiger partial charge in [-0.25, -0.2) is 9.18 Å². The Labute approximate surface area is 104 Å². The van der Waals surface area contributed by atoms with Gasteiger partial charge in [0, 0.05) is 0 Å². The van der Waals surface area contributed by atoms with Crippen molar-refractivity contribution in [3.63, 3.8) is 0 Å². The molecule has 18 heavy (non-hydrogen) atoms. The number of carbonyl (C=O) groups is 2. The number of carboxylic acid groups (broad SMARTS) is 1. The molecule has 0 spiro atoms. The summed E-state index contributed by atoms with van der Waals surface area (Å²) in [6.45, 7) is 1.87. The molecule has 0 aliphatic heterocycles. The molecule has 0 aliphatic carbocycles. The van der Waals surface area contributed by atoms with Crippen LogP contribution in [0.3, 0.4) is 0 Å². The third-order valence-electron chi connectivity index (χ3n) is 2.42. The predicted octanol–water partition coefficient (Wildman–Crippen LogP) is 1.59. The zero-order valence-electron chi connectivity index (χ0n) is 9.94. The summed E-state index contributed by atoms with van der Waals surface area (Å²) in [6, 6.07) is 2.93. The summed E-state index contributed by atoms with van der Waals surface area (Å²) in [5, 5.41) is 11.2. The number of anilines is 1. The molecule has 1 rings (SSSR count). The molecule has 0 aliphatic rings. The molecule has 1 aromatic rings. The number of amides is 1. The minimum atomic E-state index is -1.44. The van der Waals surface area contributed by atoms with Gasteiger partial charge in [-0.1, -0.05) is 19.4 Å². The monoisotopic (exact) mass is 254 g/mol. The van der Waals surface area contributed by atoms with Gasteiger partial charge in [0.1, 0.15) is 11.4 Å². The molecule has 5 nitrogen and oxygen atoms in total. The Bertz CT molecular complexity index is 463.